The predicted molar refractivity (Wildman–Crippen MR) is 86.5 cm³/mol. The number of aryl methyl sites for hydroxylation is 1. The van der Waals surface area contributed by atoms with Gasteiger partial charge >= 0.3 is 0 Å². The maximum Gasteiger partial charge on any atom is 0.244 e. The van der Waals surface area contributed by atoms with Crippen LogP contribution in [0.3, 0.4) is 0 Å². The second kappa shape index (κ2) is 7.15. The molecule has 0 aliphatic heterocycles. The molecule has 0 aliphatic carbocycles. The van der Waals surface area contributed by atoms with E-state index < -0.39 is 10.0 Å². The molecule has 0 bridgehead atoms. The van der Waals surface area contributed by atoms with Crippen LogP contribution in [0, 0.1) is 0 Å². The van der Waals surface area contributed by atoms with Gasteiger partial charge in [0.15, 0.2) is 0 Å². The van der Waals surface area contributed by atoms with Crippen molar-refractivity contribution in [3.63, 3.8) is 0 Å². The first-order chi connectivity index (χ1) is 10.00. The van der Waals surface area contributed by atoms with Crippen molar-refractivity contribution in [2.24, 2.45) is 0 Å². The standard InChI is InChI=1S/C15H17BrN2O2S/c1-18(9-5-8-13-6-3-2-4-7-13)21(19,20)15-10-14(16)11-17-12-15/h2-4,6-7,10-12H,5,8-9H2,1H3. The zero-order valence-electron chi connectivity index (χ0n) is 11.7. The first-order valence-corrected chi connectivity index (χ1v) is 8.84. The lowest BCUT2D eigenvalue weighted by molar-refractivity contribution is 0.461. The van der Waals surface area contributed by atoms with Crippen LogP contribution < -0.4 is 0 Å². The van der Waals surface area contributed by atoms with Crippen molar-refractivity contribution in [2.45, 2.75) is 17.7 Å². The molecule has 6 heteroatoms. The summed E-state index contributed by atoms with van der Waals surface area (Å²) in [4.78, 5) is 4.12. The first-order valence-electron chi connectivity index (χ1n) is 6.61. The molecule has 0 N–H and O–H groups in total. The van der Waals surface area contributed by atoms with Crippen molar-refractivity contribution in [2.75, 3.05) is 13.6 Å². The summed E-state index contributed by atoms with van der Waals surface area (Å²) in [6.45, 7) is 0.476. The molecule has 0 saturated carbocycles. The van der Waals surface area contributed by atoms with Gasteiger partial charge in [0.2, 0.25) is 10.0 Å². The van der Waals surface area contributed by atoms with Gasteiger partial charge in [-0.15, -0.1) is 0 Å². The van der Waals surface area contributed by atoms with E-state index in [0.29, 0.717) is 11.0 Å². The van der Waals surface area contributed by atoms with Gasteiger partial charge in [0.25, 0.3) is 0 Å². The molecule has 0 saturated heterocycles. The van der Waals surface area contributed by atoms with Crippen LogP contribution in [0.4, 0.5) is 0 Å². The molecule has 1 heterocycles. The van der Waals surface area contributed by atoms with Crippen molar-refractivity contribution in [3.05, 3.63) is 58.8 Å². The van der Waals surface area contributed by atoms with Gasteiger partial charge < -0.3 is 0 Å². The Morgan fingerprint density at radius 1 is 1.19 bits per heavy atom. The second-order valence-corrected chi connectivity index (χ2v) is 7.72. The average molecular weight is 369 g/mol. The first kappa shape index (κ1) is 16.1. The highest BCUT2D eigenvalue weighted by atomic mass is 79.9. The van der Waals surface area contributed by atoms with Crippen molar-refractivity contribution >= 4 is 26.0 Å². The topological polar surface area (TPSA) is 50.3 Å². The minimum Gasteiger partial charge on any atom is -0.262 e. The van der Waals surface area contributed by atoms with Gasteiger partial charge in [0.1, 0.15) is 4.90 Å². The highest BCUT2D eigenvalue weighted by Gasteiger charge is 2.20. The fourth-order valence-corrected chi connectivity index (χ4v) is 3.70. The van der Waals surface area contributed by atoms with Gasteiger partial charge in [-0.2, -0.15) is 0 Å². The summed E-state index contributed by atoms with van der Waals surface area (Å²) in [5.41, 5.74) is 1.22. The van der Waals surface area contributed by atoms with E-state index >= 15 is 0 Å². The summed E-state index contributed by atoms with van der Waals surface area (Å²) >= 11 is 3.24. The minimum absolute atomic E-state index is 0.207. The number of sulfonamides is 1. The highest BCUT2D eigenvalue weighted by Crippen LogP contribution is 2.18. The third-order valence-electron chi connectivity index (χ3n) is 3.17. The summed E-state index contributed by atoms with van der Waals surface area (Å²) < 4.78 is 26.8. The Hall–Kier alpha value is -1.24. The van der Waals surface area contributed by atoms with Gasteiger partial charge in [-0.25, -0.2) is 12.7 Å². The summed E-state index contributed by atoms with van der Waals surface area (Å²) in [7, 11) is -1.88. The zero-order valence-corrected chi connectivity index (χ0v) is 14.1. The molecule has 112 valence electrons. The molecule has 0 aliphatic rings. The number of halogens is 1. The van der Waals surface area contributed by atoms with E-state index in [2.05, 4.69) is 20.9 Å². The molecule has 2 aromatic rings. The Balaban J connectivity index is 1.97. The number of aromatic nitrogens is 1. The average Bonchev–Trinajstić information content (AvgIpc) is 2.48. The lowest BCUT2D eigenvalue weighted by Crippen LogP contribution is -2.28. The molecule has 2 rings (SSSR count). The van der Waals surface area contributed by atoms with Crippen LogP contribution in [0.25, 0.3) is 0 Å². The van der Waals surface area contributed by atoms with E-state index in [1.165, 1.54) is 16.1 Å². The molecule has 0 fully saturated rings. The van der Waals surface area contributed by atoms with Crippen LogP contribution in [0.15, 0.2) is 58.2 Å². The lowest BCUT2D eigenvalue weighted by Gasteiger charge is -2.17. The number of hydrogen-bond donors (Lipinski definition) is 0. The van der Waals surface area contributed by atoms with Gasteiger partial charge in [0, 0.05) is 30.5 Å². The van der Waals surface area contributed by atoms with Crippen LogP contribution in [0.2, 0.25) is 0 Å². The summed E-state index contributed by atoms with van der Waals surface area (Å²) in [6, 6.07) is 11.6. The van der Waals surface area contributed by atoms with Crippen LogP contribution in [-0.2, 0) is 16.4 Å². The van der Waals surface area contributed by atoms with Crippen molar-refractivity contribution < 1.29 is 8.42 Å². The smallest absolute Gasteiger partial charge is 0.244 e. The molecular weight excluding hydrogens is 352 g/mol. The van der Waals surface area contributed by atoms with E-state index in [4.69, 9.17) is 0 Å². The van der Waals surface area contributed by atoms with Gasteiger partial charge in [-0.05, 0) is 40.4 Å². The third kappa shape index (κ3) is 4.36. The molecule has 1 aromatic heterocycles. The SMILES string of the molecule is CN(CCCc1ccccc1)S(=O)(=O)c1cncc(Br)c1. The maximum absolute atomic E-state index is 12.4. The van der Waals surface area contributed by atoms with Crippen molar-refractivity contribution in [1.29, 1.82) is 0 Å². The van der Waals surface area contributed by atoms with Gasteiger partial charge in [-0.3, -0.25) is 4.98 Å². The molecule has 21 heavy (non-hydrogen) atoms. The second-order valence-electron chi connectivity index (χ2n) is 4.75. The Morgan fingerprint density at radius 3 is 2.57 bits per heavy atom. The third-order valence-corrected chi connectivity index (χ3v) is 5.43. The molecule has 0 radical (unpaired) electrons. The van der Waals surface area contributed by atoms with E-state index in [-0.39, 0.29) is 4.90 Å². The normalized spacial score (nSPS) is 11.8. The molecule has 0 amide bonds. The largest absolute Gasteiger partial charge is 0.262 e. The van der Waals surface area contributed by atoms with Crippen LogP contribution in [0.5, 0.6) is 0 Å². The quantitative estimate of drug-likeness (QED) is 0.786. The van der Waals surface area contributed by atoms with Gasteiger partial charge in [-0.1, -0.05) is 30.3 Å². The van der Waals surface area contributed by atoms with Crippen molar-refractivity contribution in [1.82, 2.24) is 9.29 Å². The number of nitrogens with zero attached hydrogens (tertiary/aromatic N) is 2. The predicted octanol–water partition coefficient (Wildman–Crippen LogP) is 3.10. The van der Waals surface area contributed by atoms with Crippen molar-refractivity contribution in [3.8, 4) is 0 Å². The molecular formula is C15H17BrN2O2S. The highest BCUT2D eigenvalue weighted by molar-refractivity contribution is 9.10. The fraction of sp³-hybridized carbons (Fsp3) is 0.267. The molecule has 4 nitrogen and oxygen atoms in total. The van der Waals surface area contributed by atoms with Crippen LogP contribution in [0.1, 0.15) is 12.0 Å². The summed E-state index contributed by atoms with van der Waals surface area (Å²) in [5.74, 6) is 0. The Morgan fingerprint density at radius 2 is 1.90 bits per heavy atom. The molecule has 0 unspecified atom stereocenters. The lowest BCUT2D eigenvalue weighted by atomic mass is 10.1. The molecule has 1 aromatic carbocycles. The summed E-state index contributed by atoms with van der Waals surface area (Å²) in [5, 5.41) is 0. The minimum atomic E-state index is -3.48. The Kier molecular flexibility index (Phi) is 5.50. The Bertz CT molecular complexity index is 690. The monoisotopic (exact) mass is 368 g/mol. The maximum atomic E-state index is 12.4. The molecule has 0 spiro atoms. The van der Waals surface area contributed by atoms with Crippen LogP contribution in [-0.4, -0.2) is 31.3 Å². The Labute approximate surface area is 134 Å². The summed E-state index contributed by atoms with van der Waals surface area (Å²) in [6.07, 6.45) is 4.57. The van der Waals surface area contributed by atoms with Crippen LogP contribution >= 0.6 is 15.9 Å². The van der Waals surface area contributed by atoms with E-state index in [1.54, 1.807) is 19.3 Å². The van der Waals surface area contributed by atoms with Gasteiger partial charge in [0.05, 0.1) is 0 Å². The number of rotatable bonds is 6. The number of hydrogen-bond acceptors (Lipinski definition) is 3. The number of pyridine rings is 1. The fourth-order valence-electron chi connectivity index (χ4n) is 1.98. The van der Waals surface area contributed by atoms with E-state index in [1.807, 2.05) is 30.3 Å². The number of benzene rings is 1. The van der Waals surface area contributed by atoms with E-state index in [0.717, 1.165) is 12.8 Å². The van der Waals surface area contributed by atoms with E-state index in [9.17, 15) is 8.42 Å². The molecule has 0 atom stereocenters. The zero-order chi connectivity index (χ0) is 15.3.